The average Bonchev–Trinajstić information content (AvgIpc) is 3.23. The molecular weight excluding hydrogens is 348 g/mol. The molecule has 1 amide bonds. The molecule has 27 heavy (non-hydrogen) atoms. The van der Waals surface area contributed by atoms with Crippen LogP contribution in [0.1, 0.15) is 24.1 Å². The Morgan fingerprint density at radius 3 is 2.85 bits per heavy atom. The molecule has 1 aromatic heterocycles. The third kappa shape index (κ3) is 3.28. The van der Waals surface area contributed by atoms with E-state index in [0.29, 0.717) is 18.8 Å². The van der Waals surface area contributed by atoms with Crippen LogP contribution in [0.2, 0.25) is 0 Å². The molecule has 2 heterocycles. The number of hydrogen-bond acceptors (Lipinski definition) is 6. The van der Waals surface area contributed by atoms with E-state index in [1.165, 1.54) is 0 Å². The summed E-state index contributed by atoms with van der Waals surface area (Å²) in [5.41, 5.74) is 10.3. The van der Waals surface area contributed by atoms with Gasteiger partial charge in [0.05, 0.1) is 36.8 Å². The molecule has 10 heteroatoms. The van der Waals surface area contributed by atoms with E-state index < -0.39 is 6.09 Å². The van der Waals surface area contributed by atoms with Gasteiger partial charge in [-0.05, 0) is 36.1 Å². The second kappa shape index (κ2) is 6.63. The van der Waals surface area contributed by atoms with Crippen molar-refractivity contribution in [3.8, 4) is 6.07 Å². The summed E-state index contributed by atoms with van der Waals surface area (Å²) in [7, 11) is 0. The smallest absolute Gasteiger partial charge is 0.414 e. The predicted octanol–water partition coefficient (Wildman–Crippen LogP) is 2.67. The minimum absolute atomic E-state index is 0.129. The molecule has 1 saturated heterocycles. The summed E-state index contributed by atoms with van der Waals surface area (Å²) in [6.07, 6.45) is 2.66. The molecular formula is C17H16N8O2. The fourth-order valence-corrected chi connectivity index (χ4v) is 3.19. The van der Waals surface area contributed by atoms with Crippen LogP contribution in [0.3, 0.4) is 0 Å². The van der Waals surface area contributed by atoms with Gasteiger partial charge in [-0.25, -0.2) is 9.48 Å². The van der Waals surface area contributed by atoms with E-state index in [4.69, 9.17) is 10.3 Å². The normalized spacial score (nSPS) is 19.9. The molecule has 136 valence electrons. The zero-order chi connectivity index (χ0) is 18.9. The summed E-state index contributed by atoms with van der Waals surface area (Å²) in [5, 5.41) is 20.6. The van der Waals surface area contributed by atoms with Crippen LogP contribution >= 0.6 is 0 Å². The summed E-state index contributed by atoms with van der Waals surface area (Å²) >= 11 is 0. The minimum Gasteiger partial charge on any atom is -0.442 e. The highest BCUT2D eigenvalue weighted by Gasteiger charge is 2.45. The maximum absolute atomic E-state index is 12.2. The molecule has 1 aliphatic heterocycles. The van der Waals surface area contributed by atoms with Crippen molar-refractivity contribution in [3.05, 3.63) is 52.2 Å². The predicted molar refractivity (Wildman–Crippen MR) is 93.5 cm³/mol. The summed E-state index contributed by atoms with van der Waals surface area (Å²) < 4.78 is 6.98. The second-order valence-electron chi connectivity index (χ2n) is 6.68. The number of hydrogen-bond donors (Lipinski definition) is 0. The molecule has 0 bridgehead atoms. The van der Waals surface area contributed by atoms with E-state index in [1.54, 1.807) is 15.8 Å². The van der Waals surface area contributed by atoms with E-state index in [0.717, 1.165) is 24.1 Å². The van der Waals surface area contributed by atoms with Crippen molar-refractivity contribution in [2.24, 2.45) is 5.11 Å². The Morgan fingerprint density at radius 1 is 1.41 bits per heavy atom. The number of aromatic nitrogens is 3. The molecule has 0 radical (unpaired) electrons. The van der Waals surface area contributed by atoms with Crippen LogP contribution in [-0.2, 0) is 23.2 Å². The minimum atomic E-state index is -0.413. The molecule has 10 nitrogen and oxygen atoms in total. The van der Waals surface area contributed by atoms with Crippen molar-refractivity contribution < 1.29 is 9.53 Å². The number of nitrogens with zero attached hydrogens (tertiary/aromatic N) is 8. The van der Waals surface area contributed by atoms with Gasteiger partial charge < -0.3 is 4.74 Å². The van der Waals surface area contributed by atoms with E-state index in [1.807, 2.05) is 24.3 Å². The van der Waals surface area contributed by atoms with Crippen molar-refractivity contribution in [1.29, 1.82) is 5.26 Å². The molecule has 0 N–H and O–H groups in total. The Balaban J connectivity index is 1.41. The van der Waals surface area contributed by atoms with Crippen molar-refractivity contribution in [2.75, 3.05) is 11.4 Å². The average molecular weight is 364 g/mol. The highest BCUT2D eigenvalue weighted by atomic mass is 16.6. The van der Waals surface area contributed by atoms with Gasteiger partial charge >= 0.3 is 6.09 Å². The number of benzene rings is 1. The van der Waals surface area contributed by atoms with Crippen molar-refractivity contribution in [2.45, 2.75) is 37.5 Å². The molecule has 4 rings (SSSR count). The van der Waals surface area contributed by atoms with Crippen LogP contribution in [0.5, 0.6) is 0 Å². The van der Waals surface area contributed by atoms with Gasteiger partial charge in [0.15, 0.2) is 0 Å². The van der Waals surface area contributed by atoms with Gasteiger partial charge in [0.2, 0.25) is 0 Å². The summed E-state index contributed by atoms with van der Waals surface area (Å²) in [6.45, 7) is 0.887. The van der Waals surface area contributed by atoms with E-state index in [-0.39, 0.29) is 18.1 Å². The maximum atomic E-state index is 12.2. The molecule has 1 aliphatic carbocycles. The molecule has 1 atom stereocenters. The van der Waals surface area contributed by atoms with Crippen LogP contribution in [0, 0.1) is 11.3 Å². The van der Waals surface area contributed by atoms with Crippen LogP contribution < -0.4 is 4.90 Å². The number of anilines is 1. The quantitative estimate of drug-likeness (QED) is 0.441. The Labute approximate surface area is 154 Å². The monoisotopic (exact) mass is 364 g/mol. The number of azide groups is 1. The number of carbonyl (C=O) groups is 1. The summed E-state index contributed by atoms with van der Waals surface area (Å²) in [6, 6.07) is 9.89. The highest BCUT2D eigenvalue weighted by Crippen LogP contribution is 2.47. The summed E-state index contributed by atoms with van der Waals surface area (Å²) in [4.78, 5) is 16.5. The SMILES string of the molecule is N#CC1(c2ccc(N3CC(Cn4cc(CN=[N+]=[N-])nn4)OC3=O)cc2)CC1. The van der Waals surface area contributed by atoms with Gasteiger partial charge in [-0.1, -0.05) is 22.5 Å². The molecule has 2 aromatic rings. The second-order valence-corrected chi connectivity index (χ2v) is 6.68. The number of rotatable bonds is 6. The zero-order valence-electron chi connectivity index (χ0n) is 14.4. The standard InChI is InChI=1S/C17H16N8O2/c18-11-17(5-6-17)12-1-3-14(4-2-12)25-10-15(27-16(25)26)9-24-8-13(21-23-24)7-20-22-19/h1-4,8,15H,5-7,9-10H2. The van der Waals surface area contributed by atoms with Crippen LogP contribution in [0.15, 0.2) is 35.6 Å². The molecule has 1 aromatic carbocycles. The molecule has 1 saturated carbocycles. The van der Waals surface area contributed by atoms with E-state index >= 15 is 0 Å². The number of ether oxygens (including phenoxy) is 1. The van der Waals surface area contributed by atoms with Gasteiger partial charge in [0.1, 0.15) is 6.10 Å². The van der Waals surface area contributed by atoms with Gasteiger partial charge in [0.25, 0.3) is 0 Å². The van der Waals surface area contributed by atoms with Gasteiger partial charge in [-0.15, -0.1) is 5.10 Å². The van der Waals surface area contributed by atoms with E-state index in [9.17, 15) is 10.1 Å². The fourth-order valence-electron chi connectivity index (χ4n) is 3.19. The van der Waals surface area contributed by atoms with Gasteiger partial charge in [-0.3, -0.25) is 4.90 Å². The van der Waals surface area contributed by atoms with Crippen LogP contribution in [0.25, 0.3) is 10.4 Å². The van der Waals surface area contributed by atoms with Crippen LogP contribution in [-0.4, -0.2) is 33.7 Å². The molecule has 0 spiro atoms. The lowest BCUT2D eigenvalue weighted by Crippen LogP contribution is -2.26. The first-order valence-electron chi connectivity index (χ1n) is 8.53. The fraction of sp³-hybridized carbons (Fsp3) is 0.412. The Hall–Kier alpha value is -3.57. The maximum Gasteiger partial charge on any atom is 0.414 e. The van der Waals surface area contributed by atoms with Crippen molar-refractivity contribution in [3.63, 3.8) is 0 Å². The Kier molecular flexibility index (Phi) is 4.14. The molecule has 2 aliphatic rings. The summed E-state index contributed by atoms with van der Waals surface area (Å²) in [5.74, 6) is 0. The van der Waals surface area contributed by atoms with Gasteiger partial charge in [-0.2, -0.15) is 5.26 Å². The number of carbonyl (C=O) groups excluding carboxylic acids is 1. The first-order valence-corrected chi connectivity index (χ1v) is 8.53. The lowest BCUT2D eigenvalue weighted by molar-refractivity contribution is 0.129. The van der Waals surface area contributed by atoms with Crippen molar-refractivity contribution in [1.82, 2.24) is 15.0 Å². The number of cyclic esters (lactones) is 1. The van der Waals surface area contributed by atoms with E-state index in [2.05, 4.69) is 26.4 Å². The third-order valence-corrected chi connectivity index (χ3v) is 4.84. The van der Waals surface area contributed by atoms with Gasteiger partial charge in [0, 0.05) is 16.8 Å². The third-order valence-electron chi connectivity index (χ3n) is 4.84. The number of amides is 1. The van der Waals surface area contributed by atoms with Crippen LogP contribution in [0.4, 0.5) is 10.5 Å². The molecule has 2 fully saturated rings. The zero-order valence-corrected chi connectivity index (χ0v) is 14.4. The molecule has 1 unspecified atom stereocenters. The largest absolute Gasteiger partial charge is 0.442 e. The topological polar surface area (TPSA) is 133 Å². The highest BCUT2D eigenvalue weighted by molar-refractivity contribution is 5.89. The lowest BCUT2D eigenvalue weighted by atomic mass is 9.97. The van der Waals surface area contributed by atoms with Crippen molar-refractivity contribution >= 4 is 11.8 Å². The lowest BCUT2D eigenvalue weighted by Gasteiger charge is -2.14. The first-order chi connectivity index (χ1) is 13.1. The Morgan fingerprint density at radius 2 is 2.19 bits per heavy atom. The first kappa shape index (κ1) is 16.9. The Bertz CT molecular complexity index is 950. The number of nitriles is 1.